The quantitative estimate of drug-likeness (QED) is 0.617. The number of hydrogen-bond acceptors (Lipinski definition) is 2. The van der Waals surface area contributed by atoms with Crippen LogP contribution in [0.25, 0.3) is 0 Å². The predicted octanol–water partition coefficient (Wildman–Crippen LogP) is 2.06. The van der Waals surface area contributed by atoms with Crippen LogP contribution < -0.4 is 0 Å². The molecule has 2 nitrogen and oxygen atoms in total. The summed E-state index contributed by atoms with van der Waals surface area (Å²) in [5.41, 5.74) is 0.702. The van der Waals surface area contributed by atoms with E-state index in [1.807, 2.05) is 12.2 Å². The highest BCUT2D eigenvalue weighted by atomic mass is 127. The van der Waals surface area contributed by atoms with Crippen LogP contribution in [0.5, 0.6) is 0 Å². The Kier molecular flexibility index (Phi) is 7.43. The van der Waals surface area contributed by atoms with Crippen LogP contribution >= 0.6 is 22.6 Å². The molecule has 3 heteroatoms. The van der Waals surface area contributed by atoms with Gasteiger partial charge in [-0.05, 0) is 28.2 Å². The Hall–Kier alpha value is -0.130. The fourth-order valence-electron chi connectivity index (χ4n) is 0.527. The van der Waals surface area contributed by atoms with Crippen LogP contribution in [0.4, 0.5) is 0 Å². The van der Waals surface area contributed by atoms with Crippen LogP contribution in [-0.4, -0.2) is 25.4 Å². The first-order valence-corrected chi connectivity index (χ1v) is 4.59. The molecule has 0 atom stereocenters. The number of aliphatic hydroxyl groups is 1. The van der Waals surface area contributed by atoms with Crippen LogP contribution in [-0.2, 0) is 4.74 Å². The zero-order valence-corrected chi connectivity index (χ0v) is 9.24. The average Bonchev–Trinajstić information content (AvgIpc) is 2.04. The van der Waals surface area contributed by atoms with Crippen LogP contribution in [0.15, 0.2) is 34.0 Å². The smallest absolute Gasteiger partial charge is 0.0770 e. The molecule has 0 heterocycles. The molecular formula is C9H13IO2. The highest BCUT2D eigenvalue weighted by Crippen LogP contribution is 2.05. The number of halogens is 1. The third-order valence-electron chi connectivity index (χ3n) is 1.09. The highest BCUT2D eigenvalue weighted by molar-refractivity contribution is 14.1. The topological polar surface area (TPSA) is 29.5 Å². The van der Waals surface area contributed by atoms with Gasteiger partial charge in [0.05, 0.1) is 13.2 Å². The lowest BCUT2D eigenvalue weighted by molar-refractivity contribution is 0.232. The molecule has 0 aromatic heterocycles. The normalized spacial score (nSPS) is 12.4. The second-order valence-corrected chi connectivity index (χ2v) is 3.61. The molecule has 0 fully saturated rings. The number of methoxy groups -OCH3 is 1. The molecule has 12 heavy (non-hydrogen) atoms. The summed E-state index contributed by atoms with van der Waals surface area (Å²) in [6.45, 7) is 4.24. The fraction of sp³-hybridized carbons (Fsp3) is 0.333. The highest BCUT2D eigenvalue weighted by Gasteiger charge is 1.86. The van der Waals surface area contributed by atoms with Gasteiger partial charge in [0.1, 0.15) is 0 Å². The van der Waals surface area contributed by atoms with Crippen molar-refractivity contribution in [1.29, 1.82) is 0 Å². The minimum absolute atomic E-state index is 0.00516. The van der Waals surface area contributed by atoms with E-state index in [1.165, 1.54) is 0 Å². The zero-order chi connectivity index (χ0) is 9.40. The second-order valence-electron chi connectivity index (χ2n) is 2.22. The molecule has 0 radical (unpaired) electrons. The lowest BCUT2D eigenvalue weighted by atomic mass is 10.3. The molecule has 1 N–H and O–H groups in total. The van der Waals surface area contributed by atoms with E-state index in [4.69, 9.17) is 9.84 Å². The van der Waals surface area contributed by atoms with Crippen molar-refractivity contribution >= 4 is 22.6 Å². The molecule has 0 aliphatic heterocycles. The predicted molar refractivity (Wildman–Crippen MR) is 59.3 cm³/mol. The molecule has 0 rings (SSSR count). The molecule has 0 aliphatic rings. The van der Waals surface area contributed by atoms with Gasteiger partial charge in [0.15, 0.2) is 0 Å². The first-order chi connectivity index (χ1) is 5.70. The van der Waals surface area contributed by atoms with Crippen molar-refractivity contribution in [2.45, 2.75) is 0 Å². The Morgan fingerprint density at radius 2 is 2.33 bits per heavy atom. The van der Waals surface area contributed by atoms with Crippen molar-refractivity contribution in [2.75, 3.05) is 20.3 Å². The minimum Gasteiger partial charge on any atom is -0.392 e. The van der Waals surface area contributed by atoms with E-state index in [1.54, 1.807) is 13.2 Å². The van der Waals surface area contributed by atoms with Gasteiger partial charge in [-0.3, -0.25) is 0 Å². The largest absolute Gasteiger partial charge is 0.392 e. The van der Waals surface area contributed by atoms with E-state index in [-0.39, 0.29) is 6.61 Å². The van der Waals surface area contributed by atoms with Crippen LogP contribution in [0.1, 0.15) is 0 Å². The first-order valence-electron chi connectivity index (χ1n) is 3.51. The maximum atomic E-state index is 8.61. The summed E-state index contributed by atoms with van der Waals surface area (Å²) >= 11 is 2.19. The van der Waals surface area contributed by atoms with Gasteiger partial charge in [0, 0.05) is 10.7 Å². The Morgan fingerprint density at radius 3 is 2.83 bits per heavy atom. The summed E-state index contributed by atoms with van der Waals surface area (Å²) in [6, 6.07) is 0. The van der Waals surface area contributed by atoms with E-state index in [0.29, 0.717) is 12.2 Å². The van der Waals surface area contributed by atoms with Gasteiger partial charge >= 0.3 is 0 Å². The Bertz CT molecular complexity index is 195. The number of allylic oxidation sites excluding steroid dienone is 2. The Morgan fingerprint density at radius 1 is 1.67 bits per heavy atom. The van der Waals surface area contributed by atoms with Gasteiger partial charge in [-0.1, -0.05) is 24.8 Å². The molecule has 0 saturated heterocycles. The standard InChI is InChI=1S/C9H13IO2/c1-8(6-11)4-3-5-9(10)7-12-2/h3-5,11H,1,6-7H2,2H3/b4-3-,9-5-. The van der Waals surface area contributed by atoms with Gasteiger partial charge < -0.3 is 9.84 Å². The van der Waals surface area contributed by atoms with Gasteiger partial charge in [-0.25, -0.2) is 0 Å². The summed E-state index contributed by atoms with van der Waals surface area (Å²) in [5.74, 6) is 0. The lowest BCUT2D eigenvalue weighted by Crippen LogP contribution is -1.85. The lowest BCUT2D eigenvalue weighted by Gasteiger charge is -1.93. The molecule has 0 unspecified atom stereocenters. The average molecular weight is 280 g/mol. The van der Waals surface area contributed by atoms with Gasteiger partial charge in [0.2, 0.25) is 0 Å². The maximum Gasteiger partial charge on any atom is 0.0770 e. The number of rotatable bonds is 5. The Labute approximate surface area is 86.8 Å². The maximum absolute atomic E-state index is 8.61. The molecule has 0 saturated carbocycles. The van der Waals surface area contributed by atoms with Crippen molar-refractivity contribution in [2.24, 2.45) is 0 Å². The van der Waals surface area contributed by atoms with Gasteiger partial charge in [-0.15, -0.1) is 0 Å². The van der Waals surface area contributed by atoms with Crippen LogP contribution in [0.3, 0.4) is 0 Å². The monoisotopic (exact) mass is 280 g/mol. The molecule has 68 valence electrons. The molecule has 0 aliphatic carbocycles. The molecule has 0 spiro atoms. The van der Waals surface area contributed by atoms with E-state index in [9.17, 15) is 0 Å². The molecule has 0 aromatic carbocycles. The van der Waals surface area contributed by atoms with Crippen molar-refractivity contribution in [1.82, 2.24) is 0 Å². The molecule has 0 amide bonds. The summed E-state index contributed by atoms with van der Waals surface area (Å²) in [4.78, 5) is 0. The SMILES string of the molecule is C=C(/C=C\C=C(/I)COC)CO. The van der Waals surface area contributed by atoms with Crippen molar-refractivity contribution in [3.05, 3.63) is 34.0 Å². The number of aliphatic hydroxyl groups excluding tert-OH is 1. The van der Waals surface area contributed by atoms with E-state index in [0.717, 1.165) is 3.58 Å². The number of hydrogen-bond donors (Lipinski definition) is 1. The van der Waals surface area contributed by atoms with Crippen molar-refractivity contribution in [3.8, 4) is 0 Å². The summed E-state index contributed by atoms with van der Waals surface area (Å²) in [7, 11) is 1.66. The van der Waals surface area contributed by atoms with Crippen LogP contribution in [0.2, 0.25) is 0 Å². The zero-order valence-electron chi connectivity index (χ0n) is 7.09. The van der Waals surface area contributed by atoms with E-state index >= 15 is 0 Å². The van der Waals surface area contributed by atoms with E-state index < -0.39 is 0 Å². The summed E-state index contributed by atoms with van der Waals surface area (Å²) < 4.78 is 6.01. The van der Waals surface area contributed by atoms with Crippen LogP contribution in [0, 0.1) is 0 Å². The van der Waals surface area contributed by atoms with Crippen molar-refractivity contribution in [3.63, 3.8) is 0 Å². The van der Waals surface area contributed by atoms with Crippen molar-refractivity contribution < 1.29 is 9.84 Å². The Balaban J connectivity index is 3.85. The number of ether oxygens (including phenoxy) is 1. The summed E-state index contributed by atoms with van der Waals surface area (Å²) in [6.07, 6.45) is 5.54. The first kappa shape index (κ1) is 11.9. The summed E-state index contributed by atoms with van der Waals surface area (Å²) in [5, 5.41) is 8.61. The van der Waals surface area contributed by atoms with E-state index in [2.05, 4.69) is 29.2 Å². The van der Waals surface area contributed by atoms with Gasteiger partial charge in [0.25, 0.3) is 0 Å². The fourth-order valence-corrected chi connectivity index (χ4v) is 1.05. The molecule has 0 bridgehead atoms. The third kappa shape index (κ3) is 6.57. The molecule has 0 aromatic rings. The van der Waals surface area contributed by atoms with Gasteiger partial charge in [-0.2, -0.15) is 0 Å². The minimum atomic E-state index is 0.00516. The molecular weight excluding hydrogens is 267 g/mol. The second kappa shape index (κ2) is 7.52. The third-order valence-corrected chi connectivity index (χ3v) is 1.77.